The second-order valence-corrected chi connectivity index (χ2v) is 7.43. The molecule has 0 radical (unpaired) electrons. The van der Waals surface area contributed by atoms with Crippen molar-refractivity contribution >= 4 is 17.5 Å². The molecule has 1 heterocycles. The van der Waals surface area contributed by atoms with E-state index < -0.39 is 11.7 Å². The quantitative estimate of drug-likeness (QED) is 0.592. The molecule has 0 N–H and O–H groups in total. The fourth-order valence-electron chi connectivity index (χ4n) is 2.55. The zero-order chi connectivity index (χ0) is 20.5. The predicted molar refractivity (Wildman–Crippen MR) is 101 cm³/mol. The zero-order valence-corrected chi connectivity index (χ0v) is 16.3. The van der Waals surface area contributed by atoms with Gasteiger partial charge in [0.05, 0.1) is 16.1 Å². The molecule has 1 aliphatic heterocycles. The first-order valence-electron chi connectivity index (χ1n) is 8.57. The molecule has 1 aliphatic rings. The van der Waals surface area contributed by atoms with Crippen LogP contribution < -0.4 is 9.47 Å². The summed E-state index contributed by atoms with van der Waals surface area (Å²) in [6, 6.07) is 9.59. The molecule has 0 aliphatic carbocycles. The maximum absolute atomic E-state index is 12.7. The maximum Gasteiger partial charge on any atom is 0.416 e. The van der Waals surface area contributed by atoms with Gasteiger partial charge >= 0.3 is 6.18 Å². The van der Waals surface area contributed by atoms with E-state index in [0.717, 1.165) is 12.1 Å². The highest BCUT2D eigenvalue weighted by molar-refractivity contribution is 6.32. The Morgan fingerprint density at radius 2 is 1.75 bits per heavy atom. The van der Waals surface area contributed by atoms with Gasteiger partial charge in [0.25, 0.3) is 0 Å². The number of aliphatic imine (C=N–C) groups is 1. The van der Waals surface area contributed by atoms with Gasteiger partial charge in [-0.05, 0) is 63.2 Å². The standard InChI is InChI=1S/C20H19ClF3NO3/c1-12(18-25-19(2,3)11-26-18)27-14-5-7-15(8-6-14)28-17-9-4-13(10-16(17)21)20(22,23)24/h4-10,12H,11H2,1-3H3. The van der Waals surface area contributed by atoms with Gasteiger partial charge in [0.1, 0.15) is 23.9 Å². The Bertz CT molecular complexity index is 879. The summed E-state index contributed by atoms with van der Waals surface area (Å²) in [4.78, 5) is 4.47. The van der Waals surface area contributed by atoms with Gasteiger partial charge in [0, 0.05) is 0 Å². The maximum atomic E-state index is 12.7. The lowest BCUT2D eigenvalue weighted by atomic mass is 10.1. The Kier molecular flexibility index (Phi) is 5.48. The van der Waals surface area contributed by atoms with E-state index in [1.54, 1.807) is 24.3 Å². The van der Waals surface area contributed by atoms with E-state index in [2.05, 4.69) is 4.99 Å². The summed E-state index contributed by atoms with van der Waals surface area (Å²) < 4.78 is 55.0. The minimum Gasteiger partial charge on any atom is -0.481 e. The van der Waals surface area contributed by atoms with E-state index in [1.165, 1.54) is 6.07 Å². The number of benzene rings is 2. The van der Waals surface area contributed by atoms with Crippen molar-refractivity contribution in [3.63, 3.8) is 0 Å². The summed E-state index contributed by atoms with van der Waals surface area (Å²) in [5.41, 5.74) is -1.09. The zero-order valence-electron chi connectivity index (χ0n) is 15.5. The van der Waals surface area contributed by atoms with E-state index >= 15 is 0 Å². The normalized spacial score (nSPS) is 16.9. The van der Waals surface area contributed by atoms with Crippen molar-refractivity contribution in [3.8, 4) is 17.2 Å². The van der Waals surface area contributed by atoms with Gasteiger partial charge in [-0.15, -0.1) is 0 Å². The molecule has 150 valence electrons. The highest BCUT2D eigenvalue weighted by Gasteiger charge is 2.31. The van der Waals surface area contributed by atoms with Crippen LogP contribution in [-0.2, 0) is 10.9 Å². The van der Waals surface area contributed by atoms with E-state index in [0.29, 0.717) is 24.0 Å². The van der Waals surface area contributed by atoms with Gasteiger partial charge < -0.3 is 14.2 Å². The molecule has 4 nitrogen and oxygen atoms in total. The topological polar surface area (TPSA) is 40.0 Å². The molecule has 2 aromatic carbocycles. The van der Waals surface area contributed by atoms with E-state index in [-0.39, 0.29) is 22.4 Å². The van der Waals surface area contributed by atoms with Crippen LogP contribution in [0.4, 0.5) is 13.2 Å². The summed E-state index contributed by atoms with van der Waals surface area (Å²) >= 11 is 5.90. The van der Waals surface area contributed by atoms with Crippen LogP contribution in [-0.4, -0.2) is 24.1 Å². The molecular formula is C20H19ClF3NO3. The van der Waals surface area contributed by atoms with Crippen molar-refractivity contribution in [1.29, 1.82) is 0 Å². The van der Waals surface area contributed by atoms with Crippen LogP contribution in [0.25, 0.3) is 0 Å². The fraction of sp³-hybridized carbons (Fsp3) is 0.350. The average Bonchev–Trinajstić information content (AvgIpc) is 2.97. The third-order valence-corrected chi connectivity index (χ3v) is 4.25. The van der Waals surface area contributed by atoms with Gasteiger partial charge in [-0.3, -0.25) is 0 Å². The lowest BCUT2D eigenvalue weighted by Crippen LogP contribution is -2.23. The molecule has 0 amide bonds. The molecule has 0 bridgehead atoms. The first kappa shape index (κ1) is 20.3. The number of halogens is 4. The molecule has 0 saturated heterocycles. The summed E-state index contributed by atoms with van der Waals surface area (Å²) in [6.07, 6.45) is -4.81. The number of rotatable bonds is 5. The second-order valence-electron chi connectivity index (χ2n) is 7.03. The van der Waals surface area contributed by atoms with Gasteiger partial charge in [-0.25, -0.2) is 4.99 Å². The van der Waals surface area contributed by atoms with Crippen LogP contribution in [0.5, 0.6) is 17.2 Å². The summed E-state index contributed by atoms with van der Waals surface area (Å²) in [5.74, 6) is 1.67. The van der Waals surface area contributed by atoms with Crippen LogP contribution >= 0.6 is 11.6 Å². The lowest BCUT2D eigenvalue weighted by molar-refractivity contribution is -0.137. The third kappa shape index (κ3) is 4.90. The number of hydrogen-bond donors (Lipinski definition) is 0. The van der Waals surface area contributed by atoms with Gasteiger partial charge in [-0.2, -0.15) is 13.2 Å². The minimum atomic E-state index is -4.46. The number of ether oxygens (including phenoxy) is 3. The predicted octanol–water partition coefficient (Wildman–Crippen LogP) is 6.13. The van der Waals surface area contributed by atoms with Crippen molar-refractivity contribution in [3.05, 3.63) is 53.1 Å². The van der Waals surface area contributed by atoms with Gasteiger partial charge in [0.15, 0.2) is 6.10 Å². The summed E-state index contributed by atoms with van der Waals surface area (Å²) in [7, 11) is 0. The molecule has 8 heteroatoms. The van der Waals surface area contributed by atoms with E-state index in [9.17, 15) is 13.2 Å². The number of nitrogens with zero attached hydrogens (tertiary/aromatic N) is 1. The van der Waals surface area contributed by atoms with Gasteiger partial charge in [-0.1, -0.05) is 11.6 Å². The minimum absolute atomic E-state index is 0.122. The first-order valence-corrected chi connectivity index (χ1v) is 8.95. The van der Waals surface area contributed by atoms with Gasteiger partial charge in [0.2, 0.25) is 5.90 Å². The molecule has 0 saturated carbocycles. The Hall–Kier alpha value is -2.41. The number of alkyl halides is 3. The van der Waals surface area contributed by atoms with Crippen molar-refractivity contribution in [2.45, 2.75) is 38.6 Å². The molecule has 1 atom stereocenters. The van der Waals surface area contributed by atoms with Crippen molar-refractivity contribution < 1.29 is 27.4 Å². The van der Waals surface area contributed by atoms with Crippen LogP contribution in [0.15, 0.2) is 47.5 Å². The molecule has 2 aromatic rings. The highest BCUT2D eigenvalue weighted by atomic mass is 35.5. The van der Waals surface area contributed by atoms with Crippen LogP contribution in [0.3, 0.4) is 0 Å². The molecular weight excluding hydrogens is 395 g/mol. The fourth-order valence-corrected chi connectivity index (χ4v) is 2.77. The van der Waals surface area contributed by atoms with Crippen LogP contribution in [0.1, 0.15) is 26.3 Å². The number of hydrogen-bond acceptors (Lipinski definition) is 4. The monoisotopic (exact) mass is 413 g/mol. The molecule has 0 fully saturated rings. The van der Waals surface area contributed by atoms with Crippen LogP contribution in [0.2, 0.25) is 5.02 Å². The van der Waals surface area contributed by atoms with E-state index in [4.69, 9.17) is 25.8 Å². The highest BCUT2D eigenvalue weighted by Crippen LogP contribution is 2.36. The lowest BCUT2D eigenvalue weighted by Gasteiger charge is -2.15. The molecule has 0 aromatic heterocycles. The van der Waals surface area contributed by atoms with Crippen molar-refractivity contribution in [2.75, 3.05) is 6.61 Å². The Morgan fingerprint density at radius 1 is 1.11 bits per heavy atom. The smallest absolute Gasteiger partial charge is 0.416 e. The SMILES string of the molecule is CC(Oc1ccc(Oc2ccc(C(F)(F)F)cc2Cl)cc1)C1=NC(C)(C)CO1. The Labute approximate surface area is 165 Å². The molecule has 3 rings (SSSR count). The molecule has 0 spiro atoms. The third-order valence-electron chi connectivity index (χ3n) is 3.96. The Balaban J connectivity index is 1.65. The van der Waals surface area contributed by atoms with Crippen molar-refractivity contribution in [2.24, 2.45) is 4.99 Å². The molecule has 1 unspecified atom stereocenters. The Morgan fingerprint density at radius 3 is 2.29 bits per heavy atom. The van der Waals surface area contributed by atoms with Crippen LogP contribution in [0, 0.1) is 0 Å². The summed E-state index contributed by atoms with van der Waals surface area (Å²) in [6.45, 7) is 6.31. The first-order chi connectivity index (χ1) is 13.0. The molecule has 28 heavy (non-hydrogen) atoms. The van der Waals surface area contributed by atoms with E-state index in [1.807, 2.05) is 20.8 Å². The summed E-state index contributed by atoms with van der Waals surface area (Å²) in [5, 5.41) is -0.122. The average molecular weight is 414 g/mol. The second kappa shape index (κ2) is 7.54. The largest absolute Gasteiger partial charge is 0.481 e. The van der Waals surface area contributed by atoms with Crippen molar-refractivity contribution in [1.82, 2.24) is 0 Å².